The maximum atomic E-state index is 14.9. The number of nitrogens with two attached hydrogens (primary N) is 2. The molecule has 0 aliphatic carbocycles. The molecule has 2 aromatic carbocycles. The van der Waals surface area contributed by atoms with E-state index >= 15 is 0 Å². The lowest BCUT2D eigenvalue weighted by Crippen LogP contribution is -2.04. The van der Waals surface area contributed by atoms with E-state index in [0.29, 0.717) is 5.39 Å². The maximum Gasteiger partial charge on any atom is 0.240 e. The van der Waals surface area contributed by atoms with Crippen molar-refractivity contribution < 1.29 is 9.18 Å². The SMILES string of the molecule is C=CC(N)=O.CC.CC.Cc1ccc2c(-c3ncc4c(N)ncnc4c3F)cccc2c1. The summed E-state index contributed by atoms with van der Waals surface area (Å²) in [5.41, 5.74) is 12.6. The number of hydrogen-bond donors (Lipinski definition) is 2. The fourth-order valence-electron chi connectivity index (χ4n) is 2.81. The van der Waals surface area contributed by atoms with Crippen LogP contribution in [0.5, 0.6) is 0 Å². The number of rotatable bonds is 2. The number of nitrogens with zero attached hydrogens (tertiary/aromatic N) is 3. The van der Waals surface area contributed by atoms with Gasteiger partial charge in [-0.2, -0.15) is 0 Å². The van der Waals surface area contributed by atoms with Crippen molar-refractivity contribution in [3.63, 3.8) is 0 Å². The number of halogens is 1. The zero-order valence-electron chi connectivity index (χ0n) is 19.2. The second-order valence-corrected chi connectivity index (χ2v) is 6.08. The molecular weight excluding hydrogens is 405 g/mol. The molecule has 4 aromatic rings. The fourth-order valence-corrected chi connectivity index (χ4v) is 2.81. The van der Waals surface area contributed by atoms with E-state index in [2.05, 4.69) is 33.3 Å². The van der Waals surface area contributed by atoms with Crippen molar-refractivity contribution in [3.05, 3.63) is 73.0 Å². The summed E-state index contributed by atoms with van der Waals surface area (Å²) in [6.07, 6.45) is 3.84. The third kappa shape index (κ3) is 6.07. The van der Waals surface area contributed by atoms with Crippen molar-refractivity contribution in [3.8, 4) is 11.3 Å². The van der Waals surface area contributed by atoms with Crippen LogP contribution in [-0.2, 0) is 4.79 Å². The number of pyridine rings is 1. The van der Waals surface area contributed by atoms with E-state index in [1.165, 1.54) is 12.5 Å². The van der Waals surface area contributed by atoms with E-state index in [1.807, 2.05) is 65.0 Å². The topological polar surface area (TPSA) is 108 Å². The van der Waals surface area contributed by atoms with Gasteiger partial charge in [-0.15, -0.1) is 0 Å². The van der Waals surface area contributed by atoms with Crippen LogP contribution in [0.15, 0.2) is 61.6 Å². The van der Waals surface area contributed by atoms with Crippen LogP contribution in [-0.4, -0.2) is 20.9 Å². The highest BCUT2D eigenvalue weighted by molar-refractivity contribution is 5.98. The van der Waals surface area contributed by atoms with E-state index in [4.69, 9.17) is 5.73 Å². The predicted octanol–water partition coefficient (Wildman–Crippen LogP) is 5.58. The van der Waals surface area contributed by atoms with Crippen LogP contribution >= 0.6 is 0 Å². The summed E-state index contributed by atoms with van der Waals surface area (Å²) in [5.74, 6) is -0.740. The number of primary amides is 1. The second-order valence-electron chi connectivity index (χ2n) is 6.08. The zero-order valence-corrected chi connectivity index (χ0v) is 19.2. The van der Waals surface area contributed by atoms with E-state index in [0.717, 1.165) is 28.0 Å². The number of carbonyl (C=O) groups excluding carboxylic acids is 1. The molecule has 0 fully saturated rings. The molecule has 168 valence electrons. The molecule has 1 amide bonds. The minimum absolute atomic E-state index is 0.187. The summed E-state index contributed by atoms with van der Waals surface area (Å²) in [4.78, 5) is 21.6. The van der Waals surface area contributed by atoms with Crippen molar-refractivity contribution in [2.45, 2.75) is 34.6 Å². The molecule has 0 saturated heterocycles. The standard InChI is InChI=1S/C18H13FN4.C3H5NO.2C2H6/c1-10-5-6-12-11(7-10)3-2-4-13(12)16-15(19)17-14(8-21-16)18(20)23-9-22-17;1-2-3(4)5;2*1-2/h2-9H,1H3,(H2,20,22,23);2H,1H2,(H2,4,5);2*1-2H3. The molecule has 0 radical (unpaired) electrons. The number of aryl methyl sites for hydroxylation is 1. The van der Waals surface area contributed by atoms with Crippen LogP contribution in [0.3, 0.4) is 0 Å². The largest absolute Gasteiger partial charge is 0.383 e. The van der Waals surface area contributed by atoms with Gasteiger partial charge in [0, 0.05) is 11.8 Å². The number of nitrogen functional groups attached to an aromatic ring is 1. The molecule has 2 aromatic heterocycles. The number of benzene rings is 2. The monoisotopic (exact) mass is 435 g/mol. The van der Waals surface area contributed by atoms with Crippen LogP contribution < -0.4 is 11.5 Å². The molecule has 0 saturated carbocycles. The second kappa shape index (κ2) is 12.7. The van der Waals surface area contributed by atoms with Crippen molar-refractivity contribution in [2.24, 2.45) is 5.73 Å². The highest BCUT2D eigenvalue weighted by Crippen LogP contribution is 2.32. The summed E-state index contributed by atoms with van der Waals surface area (Å²) in [5, 5.41) is 2.42. The molecule has 6 nitrogen and oxygen atoms in total. The van der Waals surface area contributed by atoms with Crippen LogP contribution in [0.1, 0.15) is 33.3 Å². The van der Waals surface area contributed by atoms with Crippen LogP contribution in [0.2, 0.25) is 0 Å². The average molecular weight is 436 g/mol. The minimum Gasteiger partial charge on any atom is -0.383 e. The molecule has 32 heavy (non-hydrogen) atoms. The summed E-state index contributed by atoms with van der Waals surface area (Å²) in [6, 6.07) is 11.8. The molecule has 4 N–H and O–H groups in total. The van der Waals surface area contributed by atoms with Crippen LogP contribution in [0, 0.1) is 12.7 Å². The lowest BCUT2D eigenvalue weighted by Gasteiger charge is -2.09. The summed E-state index contributed by atoms with van der Waals surface area (Å²) in [6.45, 7) is 13.1. The van der Waals surface area contributed by atoms with Gasteiger partial charge >= 0.3 is 0 Å². The summed E-state index contributed by atoms with van der Waals surface area (Å²) < 4.78 is 14.9. The number of carbonyl (C=O) groups is 1. The molecule has 7 heteroatoms. The van der Waals surface area contributed by atoms with Crippen molar-refractivity contribution in [1.82, 2.24) is 15.0 Å². The molecule has 0 unspecified atom stereocenters. The Kier molecular flexibility index (Phi) is 10.4. The third-order valence-electron chi connectivity index (χ3n) is 4.15. The number of amides is 1. The highest BCUT2D eigenvalue weighted by atomic mass is 19.1. The minimum atomic E-state index is -0.482. The van der Waals surface area contributed by atoms with E-state index in [-0.39, 0.29) is 17.0 Å². The van der Waals surface area contributed by atoms with Gasteiger partial charge in [-0.05, 0) is 23.8 Å². The Hall–Kier alpha value is -3.87. The highest BCUT2D eigenvalue weighted by Gasteiger charge is 2.15. The molecule has 0 aliphatic heterocycles. The molecule has 0 aliphatic rings. The maximum absolute atomic E-state index is 14.9. The van der Waals surface area contributed by atoms with Gasteiger partial charge in [-0.1, -0.05) is 76.2 Å². The lowest BCUT2D eigenvalue weighted by atomic mass is 9.99. The van der Waals surface area contributed by atoms with Crippen molar-refractivity contribution >= 4 is 33.4 Å². The van der Waals surface area contributed by atoms with Crippen molar-refractivity contribution in [1.29, 1.82) is 0 Å². The summed E-state index contributed by atoms with van der Waals surface area (Å²) in [7, 11) is 0. The van der Waals surface area contributed by atoms with E-state index in [9.17, 15) is 9.18 Å². The third-order valence-corrected chi connectivity index (χ3v) is 4.15. The molecule has 0 atom stereocenters. The fraction of sp³-hybridized carbons (Fsp3) is 0.200. The lowest BCUT2D eigenvalue weighted by molar-refractivity contribution is -0.113. The molecular formula is C25H30FN5O. The normalized spacial score (nSPS) is 9.44. The van der Waals surface area contributed by atoms with E-state index < -0.39 is 11.7 Å². The average Bonchev–Trinajstić information content (AvgIpc) is 2.82. The first kappa shape index (κ1) is 26.2. The Morgan fingerprint density at radius 3 is 2.31 bits per heavy atom. The Balaban J connectivity index is 0.000000497. The Morgan fingerprint density at radius 2 is 1.69 bits per heavy atom. The van der Waals surface area contributed by atoms with Gasteiger partial charge in [0.2, 0.25) is 5.91 Å². The summed E-state index contributed by atoms with van der Waals surface area (Å²) >= 11 is 0. The molecule has 0 spiro atoms. The first-order valence-electron chi connectivity index (χ1n) is 10.4. The van der Waals surface area contributed by atoms with Gasteiger partial charge in [0.05, 0.1) is 5.39 Å². The first-order chi connectivity index (χ1) is 15.4. The van der Waals surface area contributed by atoms with Gasteiger partial charge in [-0.25, -0.2) is 14.4 Å². The molecule has 0 bridgehead atoms. The van der Waals surface area contributed by atoms with Gasteiger partial charge in [0.25, 0.3) is 0 Å². The Bertz CT molecular complexity index is 1210. The van der Waals surface area contributed by atoms with Crippen LogP contribution in [0.25, 0.3) is 32.9 Å². The Morgan fingerprint density at radius 1 is 1.03 bits per heavy atom. The zero-order chi connectivity index (χ0) is 24.3. The Labute approximate surface area is 188 Å². The van der Waals surface area contributed by atoms with Gasteiger partial charge in [0.1, 0.15) is 23.4 Å². The number of aromatic nitrogens is 3. The smallest absolute Gasteiger partial charge is 0.240 e. The van der Waals surface area contributed by atoms with Crippen molar-refractivity contribution in [2.75, 3.05) is 5.73 Å². The quantitative estimate of drug-likeness (QED) is 0.399. The number of fused-ring (bicyclic) bond motifs is 2. The first-order valence-corrected chi connectivity index (χ1v) is 10.4. The number of anilines is 1. The van der Waals surface area contributed by atoms with Gasteiger partial charge in [-0.3, -0.25) is 9.78 Å². The van der Waals surface area contributed by atoms with Crippen LogP contribution in [0.4, 0.5) is 10.2 Å². The van der Waals surface area contributed by atoms with Gasteiger partial charge < -0.3 is 11.5 Å². The molecule has 2 heterocycles. The molecule has 4 rings (SSSR count). The number of hydrogen-bond acceptors (Lipinski definition) is 5. The van der Waals surface area contributed by atoms with Gasteiger partial charge in [0.15, 0.2) is 5.82 Å². The van der Waals surface area contributed by atoms with E-state index in [1.54, 1.807) is 0 Å². The predicted molar refractivity (Wildman–Crippen MR) is 131 cm³/mol.